The second kappa shape index (κ2) is 4.04. The van der Waals surface area contributed by atoms with E-state index in [9.17, 15) is 9.59 Å². The predicted octanol–water partition coefficient (Wildman–Crippen LogP) is 0.941. The van der Waals surface area contributed by atoms with Gasteiger partial charge in [-0.3, -0.25) is 4.79 Å². The van der Waals surface area contributed by atoms with Gasteiger partial charge in [0.25, 0.3) is 0 Å². The number of esters is 1. The first-order valence-electron chi connectivity index (χ1n) is 3.97. The Hall–Kier alpha value is -1.12. The minimum Gasteiger partial charge on any atom is -0.469 e. The van der Waals surface area contributed by atoms with E-state index in [0.717, 1.165) is 6.29 Å². The molecular weight excluding hydrogens is 156 g/mol. The second-order valence-corrected chi connectivity index (χ2v) is 2.87. The highest BCUT2D eigenvalue weighted by Gasteiger charge is 2.28. The molecule has 1 rings (SSSR count). The lowest BCUT2D eigenvalue weighted by molar-refractivity contribution is -0.148. The summed E-state index contributed by atoms with van der Waals surface area (Å²) in [6.45, 7) is 0. The van der Waals surface area contributed by atoms with Gasteiger partial charge >= 0.3 is 5.97 Å². The quantitative estimate of drug-likeness (QED) is 0.350. The molecule has 0 radical (unpaired) electrons. The zero-order chi connectivity index (χ0) is 8.97. The van der Waals surface area contributed by atoms with Gasteiger partial charge in [-0.1, -0.05) is 12.2 Å². The molecule has 0 saturated carbocycles. The van der Waals surface area contributed by atoms with Crippen molar-refractivity contribution in [3.05, 3.63) is 12.2 Å². The Labute approximate surface area is 71.4 Å². The van der Waals surface area contributed by atoms with Gasteiger partial charge in [0.05, 0.1) is 13.0 Å². The van der Waals surface area contributed by atoms with Crippen LogP contribution in [-0.4, -0.2) is 19.4 Å². The SMILES string of the molecule is COC(=O)[C@H]1CC=CC[C@H]1C=O. The topological polar surface area (TPSA) is 43.4 Å². The van der Waals surface area contributed by atoms with Crippen molar-refractivity contribution in [1.29, 1.82) is 0 Å². The van der Waals surface area contributed by atoms with Crippen LogP contribution in [0, 0.1) is 11.8 Å². The van der Waals surface area contributed by atoms with Crippen LogP contribution < -0.4 is 0 Å². The lowest BCUT2D eigenvalue weighted by Crippen LogP contribution is -2.27. The maximum atomic E-state index is 11.1. The molecule has 0 aliphatic heterocycles. The summed E-state index contributed by atoms with van der Waals surface area (Å²) in [5.74, 6) is -0.739. The van der Waals surface area contributed by atoms with E-state index in [0.29, 0.717) is 12.8 Å². The third kappa shape index (κ3) is 1.72. The van der Waals surface area contributed by atoms with Gasteiger partial charge in [0, 0.05) is 5.92 Å². The molecule has 0 aromatic heterocycles. The van der Waals surface area contributed by atoms with Crippen molar-refractivity contribution in [2.45, 2.75) is 12.8 Å². The largest absolute Gasteiger partial charge is 0.469 e. The standard InChI is InChI=1S/C9H12O3/c1-12-9(11)8-5-3-2-4-7(8)6-10/h2-3,6-8H,4-5H2,1H3/t7-,8-/m0/s1. The molecule has 0 saturated heterocycles. The Kier molecular flexibility index (Phi) is 3.02. The zero-order valence-corrected chi connectivity index (χ0v) is 7.03. The average molecular weight is 168 g/mol. The van der Waals surface area contributed by atoms with Crippen LogP contribution in [0.1, 0.15) is 12.8 Å². The number of allylic oxidation sites excluding steroid dienone is 2. The molecule has 0 aromatic carbocycles. The van der Waals surface area contributed by atoms with Crippen LogP contribution in [0.5, 0.6) is 0 Å². The lowest BCUT2D eigenvalue weighted by Gasteiger charge is -2.21. The molecule has 1 aliphatic carbocycles. The Morgan fingerprint density at radius 3 is 2.75 bits per heavy atom. The summed E-state index contributed by atoms with van der Waals surface area (Å²) in [5, 5.41) is 0. The van der Waals surface area contributed by atoms with Crippen molar-refractivity contribution in [3.63, 3.8) is 0 Å². The fourth-order valence-corrected chi connectivity index (χ4v) is 1.41. The van der Waals surface area contributed by atoms with Crippen LogP contribution in [0.4, 0.5) is 0 Å². The third-order valence-corrected chi connectivity index (χ3v) is 2.16. The van der Waals surface area contributed by atoms with E-state index in [1.54, 1.807) is 0 Å². The maximum Gasteiger partial charge on any atom is 0.309 e. The molecule has 2 atom stereocenters. The van der Waals surface area contributed by atoms with E-state index in [4.69, 9.17) is 0 Å². The molecule has 0 bridgehead atoms. The molecule has 66 valence electrons. The number of rotatable bonds is 2. The summed E-state index contributed by atoms with van der Waals surface area (Å²) in [5.41, 5.74) is 0. The van der Waals surface area contributed by atoms with Crippen molar-refractivity contribution in [2.75, 3.05) is 7.11 Å². The highest BCUT2D eigenvalue weighted by molar-refractivity contribution is 5.77. The Morgan fingerprint density at radius 2 is 2.17 bits per heavy atom. The van der Waals surface area contributed by atoms with Crippen LogP contribution >= 0.6 is 0 Å². The normalized spacial score (nSPS) is 28.1. The minimum atomic E-state index is -0.281. The number of ether oxygens (including phenoxy) is 1. The lowest BCUT2D eigenvalue weighted by atomic mass is 9.84. The van der Waals surface area contributed by atoms with E-state index in [2.05, 4.69) is 4.74 Å². The van der Waals surface area contributed by atoms with Gasteiger partial charge in [0.1, 0.15) is 6.29 Å². The Morgan fingerprint density at radius 1 is 1.50 bits per heavy atom. The summed E-state index contributed by atoms with van der Waals surface area (Å²) in [6, 6.07) is 0. The molecule has 12 heavy (non-hydrogen) atoms. The van der Waals surface area contributed by atoms with Crippen LogP contribution in [0.3, 0.4) is 0 Å². The second-order valence-electron chi connectivity index (χ2n) is 2.87. The van der Waals surface area contributed by atoms with Gasteiger partial charge in [-0.15, -0.1) is 0 Å². The van der Waals surface area contributed by atoms with Crippen molar-refractivity contribution in [2.24, 2.45) is 11.8 Å². The first-order chi connectivity index (χ1) is 5.79. The van der Waals surface area contributed by atoms with Crippen LogP contribution in [0.25, 0.3) is 0 Å². The monoisotopic (exact) mass is 168 g/mol. The average Bonchev–Trinajstić information content (AvgIpc) is 2.16. The summed E-state index contributed by atoms with van der Waals surface area (Å²) in [7, 11) is 1.35. The van der Waals surface area contributed by atoms with E-state index in [1.165, 1.54) is 7.11 Å². The smallest absolute Gasteiger partial charge is 0.309 e. The fraction of sp³-hybridized carbons (Fsp3) is 0.556. The molecule has 0 unspecified atom stereocenters. The van der Waals surface area contributed by atoms with E-state index in [-0.39, 0.29) is 17.8 Å². The minimum absolute atomic E-state index is 0.192. The van der Waals surface area contributed by atoms with E-state index >= 15 is 0 Å². The summed E-state index contributed by atoms with van der Waals surface area (Å²) >= 11 is 0. The number of hydrogen-bond donors (Lipinski definition) is 0. The molecule has 0 amide bonds. The van der Waals surface area contributed by atoms with Gasteiger partial charge < -0.3 is 9.53 Å². The zero-order valence-electron chi connectivity index (χ0n) is 7.03. The number of hydrogen-bond acceptors (Lipinski definition) is 3. The number of aldehydes is 1. The highest BCUT2D eigenvalue weighted by Crippen LogP contribution is 2.24. The first-order valence-corrected chi connectivity index (χ1v) is 3.97. The third-order valence-electron chi connectivity index (χ3n) is 2.16. The van der Waals surface area contributed by atoms with Crippen molar-refractivity contribution < 1.29 is 14.3 Å². The Bertz CT molecular complexity index is 208. The van der Waals surface area contributed by atoms with Gasteiger partial charge in [-0.2, -0.15) is 0 Å². The number of methoxy groups -OCH3 is 1. The molecule has 0 heterocycles. The number of carbonyl (C=O) groups is 2. The van der Waals surface area contributed by atoms with E-state index < -0.39 is 0 Å². The van der Waals surface area contributed by atoms with Gasteiger partial charge in [0.15, 0.2) is 0 Å². The molecule has 3 heteroatoms. The highest BCUT2D eigenvalue weighted by atomic mass is 16.5. The molecule has 1 aliphatic rings. The first kappa shape index (κ1) is 8.97. The van der Waals surface area contributed by atoms with Crippen LogP contribution in [-0.2, 0) is 14.3 Å². The van der Waals surface area contributed by atoms with Gasteiger partial charge in [-0.05, 0) is 12.8 Å². The van der Waals surface area contributed by atoms with Crippen molar-refractivity contribution in [1.82, 2.24) is 0 Å². The van der Waals surface area contributed by atoms with Crippen molar-refractivity contribution >= 4 is 12.3 Å². The number of carbonyl (C=O) groups excluding carboxylic acids is 2. The summed E-state index contributed by atoms with van der Waals surface area (Å²) in [4.78, 5) is 21.7. The molecule has 0 aromatic rings. The summed E-state index contributed by atoms with van der Waals surface area (Å²) < 4.78 is 4.59. The molecule has 0 N–H and O–H groups in total. The molecule has 0 fully saturated rings. The maximum absolute atomic E-state index is 11.1. The summed E-state index contributed by atoms with van der Waals surface area (Å²) in [6.07, 6.45) is 5.96. The molecule has 3 nitrogen and oxygen atoms in total. The van der Waals surface area contributed by atoms with Gasteiger partial charge in [-0.25, -0.2) is 0 Å². The molecule has 0 spiro atoms. The Balaban J connectivity index is 2.66. The van der Waals surface area contributed by atoms with Crippen molar-refractivity contribution in [3.8, 4) is 0 Å². The van der Waals surface area contributed by atoms with E-state index in [1.807, 2.05) is 12.2 Å². The predicted molar refractivity (Wildman–Crippen MR) is 43.4 cm³/mol. The fourth-order valence-electron chi connectivity index (χ4n) is 1.41. The van der Waals surface area contributed by atoms with Crippen LogP contribution in [0.15, 0.2) is 12.2 Å². The van der Waals surface area contributed by atoms with Gasteiger partial charge in [0.2, 0.25) is 0 Å². The molecular formula is C9H12O3. The van der Waals surface area contributed by atoms with Crippen LogP contribution in [0.2, 0.25) is 0 Å².